The topological polar surface area (TPSA) is 32.8 Å². The van der Waals surface area contributed by atoms with Crippen LogP contribution in [-0.2, 0) is 9.53 Å². The molecule has 0 radical (unpaired) electrons. The predicted octanol–water partition coefficient (Wildman–Crippen LogP) is 3.55. The molecule has 0 bridgehead atoms. The quantitative estimate of drug-likeness (QED) is 0.504. The second-order valence-corrected chi connectivity index (χ2v) is 12.9. The van der Waals surface area contributed by atoms with Gasteiger partial charge >= 0.3 is 5.97 Å². The Labute approximate surface area is 138 Å². The van der Waals surface area contributed by atoms with Crippen LogP contribution in [0.5, 0.6) is 0 Å². The Balaban J connectivity index is 2.60. The first-order valence-corrected chi connectivity index (χ1v) is 11.7. The van der Waals surface area contributed by atoms with Crippen LogP contribution in [0.2, 0.25) is 18.1 Å². The van der Waals surface area contributed by atoms with Crippen LogP contribution in [0.1, 0.15) is 47.5 Å². The molecule has 0 N–H and O–H groups in total. The van der Waals surface area contributed by atoms with E-state index in [1.54, 1.807) is 0 Å². The third-order valence-electron chi connectivity index (χ3n) is 5.60. The predicted molar refractivity (Wildman–Crippen MR) is 95.4 cm³/mol. The second kappa shape index (κ2) is 7.93. The van der Waals surface area contributed by atoms with Gasteiger partial charge < -0.3 is 9.30 Å². The standard InChI is InChI=1S/C17H36N2O2Si/c1-8-10-17(4,5)22(6,7)19-12-11-18(14-19)13-15(3)16(20)21-9-2/h15H,8-14H2,1-7H3. The Morgan fingerprint density at radius 1 is 1.27 bits per heavy atom. The zero-order valence-corrected chi connectivity index (χ0v) is 16.7. The summed E-state index contributed by atoms with van der Waals surface area (Å²) >= 11 is 0. The molecule has 0 amide bonds. The van der Waals surface area contributed by atoms with Crippen LogP contribution in [-0.4, -0.2) is 56.6 Å². The van der Waals surface area contributed by atoms with Crippen molar-refractivity contribution >= 4 is 14.2 Å². The molecule has 0 aliphatic carbocycles. The Kier molecular flexibility index (Phi) is 7.08. The highest BCUT2D eigenvalue weighted by Crippen LogP contribution is 2.43. The fourth-order valence-electron chi connectivity index (χ4n) is 3.36. The van der Waals surface area contributed by atoms with E-state index in [9.17, 15) is 4.79 Å². The van der Waals surface area contributed by atoms with Gasteiger partial charge in [0.1, 0.15) is 8.24 Å². The third-order valence-corrected chi connectivity index (χ3v) is 11.1. The molecule has 0 spiro atoms. The van der Waals surface area contributed by atoms with Gasteiger partial charge in [-0.2, -0.15) is 0 Å². The fourth-order valence-corrected chi connectivity index (χ4v) is 6.29. The van der Waals surface area contributed by atoms with Crippen LogP contribution < -0.4 is 0 Å². The number of esters is 1. The first kappa shape index (κ1) is 19.7. The molecule has 1 saturated heterocycles. The van der Waals surface area contributed by atoms with Gasteiger partial charge in [-0.05, 0) is 18.4 Å². The van der Waals surface area contributed by atoms with E-state index in [0.29, 0.717) is 11.6 Å². The van der Waals surface area contributed by atoms with Crippen molar-refractivity contribution in [2.45, 2.75) is 65.6 Å². The zero-order chi connectivity index (χ0) is 17.0. The van der Waals surface area contributed by atoms with E-state index >= 15 is 0 Å². The van der Waals surface area contributed by atoms with Gasteiger partial charge in [-0.1, -0.05) is 47.2 Å². The smallest absolute Gasteiger partial charge is 0.309 e. The van der Waals surface area contributed by atoms with Gasteiger partial charge in [-0.15, -0.1) is 0 Å². The molecule has 1 rings (SSSR count). The van der Waals surface area contributed by atoms with Crippen LogP contribution >= 0.6 is 0 Å². The Hall–Kier alpha value is -0.393. The highest BCUT2D eigenvalue weighted by atomic mass is 28.3. The van der Waals surface area contributed by atoms with E-state index in [4.69, 9.17) is 4.74 Å². The number of rotatable bonds is 8. The monoisotopic (exact) mass is 328 g/mol. The molecule has 5 heteroatoms. The van der Waals surface area contributed by atoms with Gasteiger partial charge in [0.15, 0.2) is 0 Å². The maximum absolute atomic E-state index is 11.8. The van der Waals surface area contributed by atoms with E-state index in [-0.39, 0.29) is 11.9 Å². The number of hydrogen-bond donors (Lipinski definition) is 0. The zero-order valence-electron chi connectivity index (χ0n) is 15.7. The average Bonchev–Trinajstić information content (AvgIpc) is 2.87. The van der Waals surface area contributed by atoms with Crippen molar-refractivity contribution in [1.29, 1.82) is 0 Å². The summed E-state index contributed by atoms with van der Waals surface area (Å²) in [7, 11) is -1.48. The van der Waals surface area contributed by atoms with Gasteiger partial charge in [0, 0.05) is 26.3 Å². The van der Waals surface area contributed by atoms with Crippen molar-refractivity contribution in [1.82, 2.24) is 9.47 Å². The molecule has 1 fully saturated rings. The summed E-state index contributed by atoms with van der Waals surface area (Å²) in [6.45, 7) is 20.5. The number of ether oxygens (including phenoxy) is 1. The lowest BCUT2D eigenvalue weighted by Crippen LogP contribution is -2.55. The molecule has 4 nitrogen and oxygen atoms in total. The third kappa shape index (κ3) is 4.55. The molecule has 1 aliphatic heterocycles. The summed E-state index contributed by atoms with van der Waals surface area (Å²) in [5, 5.41) is 0.421. The van der Waals surface area contributed by atoms with Gasteiger partial charge in [0.2, 0.25) is 0 Å². The molecule has 1 unspecified atom stereocenters. The summed E-state index contributed by atoms with van der Waals surface area (Å²) in [5.74, 6) is -0.0999. The minimum absolute atomic E-state index is 0.0340. The van der Waals surface area contributed by atoms with Gasteiger partial charge in [-0.3, -0.25) is 9.69 Å². The Morgan fingerprint density at radius 3 is 2.45 bits per heavy atom. The summed E-state index contributed by atoms with van der Waals surface area (Å²) in [6, 6.07) is 0. The number of nitrogens with zero attached hydrogens (tertiary/aromatic N) is 2. The van der Waals surface area contributed by atoms with Gasteiger partial charge in [0.05, 0.1) is 12.5 Å². The normalized spacial score (nSPS) is 19.4. The van der Waals surface area contributed by atoms with Crippen LogP contribution in [0.15, 0.2) is 0 Å². The lowest BCUT2D eigenvalue weighted by Gasteiger charge is -2.46. The van der Waals surface area contributed by atoms with Crippen molar-refractivity contribution < 1.29 is 9.53 Å². The van der Waals surface area contributed by atoms with Gasteiger partial charge in [0.25, 0.3) is 0 Å². The van der Waals surface area contributed by atoms with Crippen LogP contribution in [0.25, 0.3) is 0 Å². The van der Waals surface area contributed by atoms with E-state index in [0.717, 1.165) is 26.3 Å². The highest BCUT2D eigenvalue weighted by molar-refractivity contribution is 6.77. The van der Waals surface area contributed by atoms with Gasteiger partial charge in [-0.25, -0.2) is 0 Å². The number of carbonyl (C=O) groups is 1. The van der Waals surface area contributed by atoms with E-state index in [1.165, 1.54) is 12.8 Å². The molecule has 0 aromatic carbocycles. The maximum atomic E-state index is 11.8. The van der Waals surface area contributed by atoms with Crippen molar-refractivity contribution in [3.63, 3.8) is 0 Å². The summed E-state index contributed by atoms with van der Waals surface area (Å²) in [6.07, 6.45) is 2.54. The van der Waals surface area contributed by atoms with Crippen molar-refractivity contribution in [2.75, 3.05) is 32.9 Å². The largest absolute Gasteiger partial charge is 0.466 e. The number of carbonyl (C=O) groups excluding carboxylic acids is 1. The summed E-state index contributed by atoms with van der Waals surface area (Å²) in [5.41, 5.74) is 0. The van der Waals surface area contributed by atoms with Crippen LogP contribution in [0.3, 0.4) is 0 Å². The van der Waals surface area contributed by atoms with Crippen molar-refractivity contribution in [3.8, 4) is 0 Å². The Bertz CT molecular complexity index is 372. The SMILES string of the molecule is CCCC(C)(C)[Si](C)(C)N1CCN(CC(C)C(=O)OCC)C1. The fraction of sp³-hybridized carbons (Fsp3) is 0.941. The first-order valence-electron chi connectivity index (χ1n) is 8.79. The molecule has 130 valence electrons. The molecular weight excluding hydrogens is 292 g/mol. The molecule has 22 heavy (non-hydrogen) atoms. The minimum Gasteiger partial charge on any atom is -0.466 e. The lowest BCUT2D eigenvalue weighted by atomic mass is 10.1. The van der Waals surface area contributed by atoms with Crippen LogP contribution in [0, 0.1) is 5.92 Å². The molecule has 1 aliphatic rings. The van der Waals surface area contributed by atoms with E-state index < -0.39 is 8.24 Å². The molecular formula is C17H36N2O2Si. The molecule has 0 aromatic heterocycles. The van der Waals surface area contributed by atoms with Crippen molar-refractivity contribution in [3.05, 3.63) is 0 Å². The lowest BCUT2D eigenvalue weighted by molar-refractivity contribution is -0.147. The Morgan fingerprint density at radius 2 is 1.91 bits per heavy atom. The number of hydrogen-bond acceptors (Lipinski definition) is 4. The van der Waals surface area contributed by atoms with Crippen molar-refractivity contribution in [2.24, 2.45) is 5.92 Å². The molecule has 1 atom stereocenters. The summed E-state index contributed by atoms with van der Waals surface area (Å²) in [4.78, 5) is 14.2. The molecule has 1 heterocycles. The second-order valence-electron chi connectivity index (χ2n) is 7.83. The average molecular weight is 329 g/mol. The van der Waals surface area contributed by atoms with Crippen LogP contribution in [0.4, 0.5) is 0 Å². The first-order chi connectivity index (χ1) is 10.2. The van der Waals surface area contributed by atoms with E-state index in [1.807, 2.05) is 13.8 Å². The minimum atomic E-state index is -1.48. The molecule has 0 aromatic rings. The molecule has 0 saturated carbocycles. The highest BCUT2D eigenvalue weighted by Gasteiger charge is 2.45. The van der Waals surface area contributed by atoms with E-state index in [2.05, 4.69) is 43.3 Å². The maximum Gasteiger partial charge on any atom is 0.309 e. The summed E-state index contributed by atoms with van der Waals surface area (Å²) < 4.78 is 7.83.